The summed E-state index contributed by atoms with van der Waals surface area (Å²) in [5.74, 6) is 1.57. The lowest BCUT2D eigenvalue weighted by atomic mass is 9.92. The summed E-state index contributed by atoms with van der Waals surface area (Å²) in [4.78, 5) is 47.8. The monoisotopic (exact) mass is 683 g/mol. The molecule has 3 aromatic rings. The van der Waals surface area contributed by atoms with Gasteiger partial charge in [0.25, 0.3) is 17.7 Å². The molecule has 2 heterocycles. The van der Waals surface area contributed by atoms with Crippen LogP contribution in [0, 0.1) is 5.92 Å². The standard InChI is InChI=1S/C38H49N7O5/c1-44(2)17-18-50-34-22-28(12-14-33(34)49-3)41-31-20-25(10-13-30(31)36(39)46)37(47)43-29-19-24-7-6-16-45(32(24)21-29)35-15-11-26(23-40-35)38(48)42-27-8-4-5-9-27/h10-15,20,22-24,27,29,32,41H,4-9,16-19,21H2,1-3H3,(H2,39,46)(H,42,48)(H,43,47). The first-order chi connectivity index (χ1) is 24.2. The van der Waals surface area contributed by atoms with Crippen molar-refractivity contribution in [3.8, 4) is 11.5 Å². The van der Waals surface area contributed by atoms with Crippen molar-refractivity contribution < 1.29 is 23.9 Å². The van der Waals surface area contributed by atoms with Crippen molar-refractivity contribution in [2.45, 2.75) is 69.5 Å². The average Bonchev–Trinajstić information content (AvgIpc) is 3.77. The molecule has 3 unspecified atom stereocenters. The number of nitrogens with zero attached hydrogens (tertiary/aromatic N) is 3. The minimum atomic E-state index is -0.605. The van der Waals surface area contributed by atoms with Gasteiger partial charge in [0.2, 0.25) is 0 Å². The number of benzene rings is 2. The Morgan fingerprint density at radius 1 is 0.900 bits per heavy atom. The van der Waals surface area contributed by atoms with Crippen LogP contribution in [0.25, 0.3) is 0 Å². The van der Waals surface area contributed by atoms with E-state index in [1.807, 2.05) is 37.2 Å². The number of nitrogens with one attached hydrogen (secondary N) is 3. The maximum atomic E-state index is 13.6. The minimum absolute atomic E-state index is 0.00903. The summed E-state index contributed by atoms with van der Waals surface area (Å²) in [6, 6.07) is 14.6. The second-order valence-electron chi connectivity index (χ2n) is 13.9. The lowest BCUT2D eigenvalue weighted by Gasteiger charge is -2.38. The molecule has 6 rings (SSSR count). The molecule has 3 atom stereocenters. The maximum absolute atomic E-state index is 13.6. The van der Waals surface area contributed by atoms with Gasteiger partial charge in [-0.05, 0) is 101 Å². The molecule has 1 aromatic heterocycles. The highest BCUT2D eigenvalue weighted by Crippen LogP contribution is 2.39. The van der Waals surface area contributed by atoms with Crippen molar-refractivity contribution in [3.05, 3.63) is 71.4 Å². The molecule has 12 heteroatoms. The van der Waals surface area contributed by atoms with Crippen LogP contribution in [0.4, 0.5) is 17.2 Å². The van der Waals surface area contributed by atoms with Gasteiger partial charge in [0.1, 0.15) is 12.4 Å². The van der Waals surface area contributed by atoms with E-state index in [1.165, 1.54) is 12.8 Å². The number of likely N-dealkylation sites (N-methyl/N-ethyl adjacent to an activating group) is 1. The molecule has 266 valence electrons. The van der Waals surface area contributed by atoms with Crippen LogP contribution in [0.15, 0.2) is 54.7 Å². The predicted octanol–water partition coefficient (Wildman–Crippen LogP) is 4.72. The fraction of sp³-hybridized carbons (Fsp3) is 0.474. The van der Waals surface area contributed by atoms with Crippen molar-refractivity contribution in [1.29, 1.82) is 0 Å². The number of carbonyl (C=O) groups is 3. The number of hydrogen-bond acceptors (Lipinski definition) is 9. The second kappa shape index (κ2) is 15.8. The Morgan fingerprint density at radius 2 is 1.66 bits per heavy atom. The van der Waals surface area contributed by atoms with E-state index in [4.69, 9.17) is 20.2 Å². The molecule has 1 saturated heterocycles. The summed E-state index contributed by atoms with van der Waals surface area (Å²) in [7, 11) is 5.53. The van der Waals surface area contributed by atoms with Crippen molar-refractivity contribution in [2.24, 2.45) is 11.7 Å². The summed E-state index contributed by atoms with van der Waals surface area (Å²) in [5.41, 5.74) is 8.08. The van der Waals surface area contributed by atoms with Crippen molar-refractivity contribution in [2.75, 3.05) is 51.1 Å². The zero-order valence-corrected chi connectivity index (χ0v) is 29.2. The van der Waals surface area contributed by atoms with Crippen LogP contribution in [-0.2, 0) is 0 Å². The largest absolute Gasteiger partial charge is 0.493 e. The third kappa shape index (κ3) is 8.30. The number of fused-ring (bicyclic) bond motifs is 1. The first-order valence-corrected chi connectivity index (χ1v) is 17.7. The molecule has 12 nitrogen and oxygen atoms in total. The normalized spacial score (nSPS) is 20.3. The molecule has 2 saturated carbocycles. The van der Waals surface area contributed by atoms with Crippen molar-refractivity contribution in [1.82, 2.24) is 20.5 Å². The van der Waals surface area contributed by atoms with Crippen LogP contribution < -0.4 is 36.1 Å². The zero-order chi connectivity index (χ0) is 35.2. The molecule has 0 radical (unpaired) electrons. The number of anilines is 3. The number of carbonyl (C=O) groups excluding carboxylic acids is 3. The minimum Gasteiger partial charge on any atom is -0.493 e. The molecule has 3 aliphatic rings. The van der Waals surface area contributed by atoms with E-state index < -0.39 is 5.91 Å². The average molecular weight is 684 g/mol. The van der Waals surface area contributed by atoms with Crippen LogP contribution in [0.2, 0.25) is 0 Å². The van der Waals surface area contributed by atoms with E-state index in [-0.39, 0.29) is 35.5 Å². The third-order valence-electron chi connectivity index (χ3n) is 10.1. The molecule has 1 aliphatic heterocycles. The maximum Gasteiger partial charge on any atom is 0.253 e. The van der Waals surface area contributed by atoms with Crippen LogP contribution in [0.5, 0.6) is 11.5 Å². The van der Waals surface area contributed by atoms with Gasteiger partial charge < -0.3 is 41.0 Å². The number of aromatic nitrogens is 1. The van der Waals surface area contributed by atoms with Gasteiger partial charge in [0.05, 0.1) is 23.9 Å². The van der Waals surface area contributed by atoms with Crippen molar-refractivity contribution in [3.63, 3.8) is 0 Å². The van der Waals surface area contributed by atoms with Gasteiger partial charge in [-0.1, -0.05) is 12.8 Å². The number of rotatable bonds is 13. The summed E-state index contributed by atoms with van der Waals surface area (Å²) < 4.78 is 11.4. The van der Waals surface area contributed by atoms with Gasteiger partial charge >= 0.3 is 0 Å². The van der Waals surface area contributed by atoms with Gasteiger partial charge in [-0.3, -0.25) is 14.4 Å². The van der Waals surface area contributed by atoms with Crippen LogP contribution >= 0.6 is 0 Å². The number of methoxy groups -OCH3 is 1. The Labute approximate surface area is 294 Å². The van der Waals surface area contributed by atoms with Crippen LogP contribution in [-0.4, -0.2) is 86.6 Å². The van der Waals surface area contributed by atoms with Gasteiger partial charge in [0.15, 0.2) is 11.5 Å². The van der Waals surface area contributed by atoms with E-state index in [2.05, 4.69) is 20.9 Å². The quantitative estimate of drug-likeness (QED) is 0.201. The van der Waals surface area contributed by atoms with Crippen LogP contribution in [0.1, 0.15) is 82.4 Å². The topological polar surface area (TPSA) is 151 Å². The Morgan fingerprint density at radius 3 is 2.38 bits per heavy atom. The van der Waals surface area contributed by atoms with E-state index in [9.17, 15) is 14.4 Å². The fourth-order valence-electron chi connectivity index (χ4n) is 7.55. The molecule has 5 N–H and O–H groups in total. The summed E-state index contributed by atoms with van der Waals surface area (Å²) in [6.07, 6.45) is 9.92. The molecular formula is C38H49N7O5. The second-order valence-corrected chi connectivity index (χ2v) is 13.9. The SMILES string of the molecule is COc1ccc(Nc2cc(C(=O)NC3CC4CCCN(c5ccc(C(=O)NC6CCCC6)cn5)C4C3)ccc2C(N)=O)cc1OCCN(C)C. The molecule has 3 amide bonds. The highest BCUT2D eigenvalue weighted by molar-refractivity contribution is 6.02. The molecular weight excluding hydrogens is 634 g/mol. The van der Waals surface area contributed by atoms with Gasteiger partial charge in [-0.2, -0.15) is 0 Å². The summed E-state index contributed by atoms with van der Waals surface area (Å²) in [5, 5.41) is 9.65. The summed E-state index contributed by atoms with van der Waals surface area (Å²) in [6.45, 7) is 2.09. The number of hydrogen-bond donors (Lipinski definition) is 4. The molecule has 2 aliphatic carbocycles. The highest BCUT2D eigenvalue weighted by atomic mass is 16.5. The number of nitrogens with two attached hydrogens (primary N) is 1. The number of amides is 3. The Bertz CT molecular complexity index is 1670. The van der Waals surface area contributed by atoms with E-state index in [1.54, 1.807) is 43.6 Å². The Kier molecular flexibility index (Phi) is 11.1. The number of primary amides is 1. The predicted molar refractivity (Wildman–Crippen MR) is 194 cm³/mol. The molecule has 2 aromatic carbocycles. The Hall–Kier alpha value is -4.84. The first kappa shape index (κ1) is 35.0. The first-order valence-electron chi connectivity index (χ1n) is 17.7. The molecule has 0 bridgehead atoms. The van der Waals surface area contributed by atoms with Gasteiger partial charge in [0, 0.05) is 54.7 Å². The fourth-order valence-corrected chi connectivity index (χ4v) is 7.55. The highest BCUT2D eigenvalue weighted by Gasteiger charge is 2.41. The number of ether oxygens (including phenoxy) is 2. The van der Waals surface area contributed by atoms with E-state index in [0.717, 1.165) is 57.4 Å². The summed E-state index contributed by atoms with van der Waals surface area (Å²) >= 11 is 0. The zero-order valence-electron chi connectivity index (χ0n) is 29.2. The number of pyridine rings is 1. The lowest BCUT2D eigenvalue weighted by molar-refractivity contribution is 0.0928. The Balaban J connectivity index is 1.11. The van der Waals surface area contributed by atoms with Crippen LogP contribution in [0.3, 0.4) is 0 Å². The lowest BCUT2D eigenvalue weighted by Crippen LogP contribution is -2.43. The number of piperidine rings is 1. The van der Waals surface area contributed by atoms with E-state index >= 15 is 0 Å². The van der Waals surface area contributed by atoms with Gasteiger partial charge in [-0.25, -0.2) is 4.98 Å². The molecule has 3 fully saturated rings. The smallest absolute Gasteiger partial charge is 0.253 e. The van der Waals surface area contributed by atoms with Crippen molar-refractivity contribution >= 4 is 34.9 Å². The molecule has 50 heavy (non-hydrogen) atoms. The molecule has 0 spiro atoms. The van der Waals surface area contributed by atoms with E-state index in [0.29, 0.717) is 46.5 Å². The van der Waals surface area contributed by atoms with Gasteiger partial charge in [-0.15, -0.1) is 0 Å². The third-order valence-corrected chi connectivity index (χ3v) is 10.1.